The van der Waals surface area contributed by atoms with Crippen LogP contribution in [-0.4, -0.2) is 0 Å². The van der Waals surface area contributed by atoms with Crippen molar-refractivity contribution in [2.75, 3.05) is 5.32 Å². The molecule has 8 rings (SSSR count). The van der Waals surface area contributed by atoms with Crippen molar-refractivity contribution in [3.8, 4) is 22.3 Å². The van der Waals surface area contributed by atoms with E-state index in [0.29, 0.717) is 0 Å². The molecule has 0 unspecified atom stereocenters. The van der Waals surface area contributed by atoms with Crippen LogP contribution in [-0.2, 0) is 5.41 Å². The summed E-state index contributed by atoms with van der Waals surface area (Å²) in [6.45, 7) is 4.64. The van der Waals surface area contributed by atoms with E-state index in [1.54, 1.807) is 0 Å². The van der Waals surface area contributed by atoms with Gasteiger partial charge in [-0.2, -0.15) is 0 Å². The second-order valence-corrected chi connectivity index (χ2v) is 11.1. The molecule has 0 atom stereocenters. The van der Waals surface area contributed by atoms with Gasteiger partial charge in [0.25, 0.3) is 0 Å². The second-order valence-electron chi connectivity index (χ2n) is 11.1. The SMILES string of the molecule is CC1(C)c2ccccc2-c2ccc(Nc3cccc(-c4cccc5c4oc4c6ccccc6ccc54)c3)cc21. The molecule has 0 amide bonds. The first-order chi connectivity index (χ1) is 19.1. The van der Waals surface area contributed by atoms with Crippen LogP contribution < -0.4 is 5.32 Å². The van der Waals surface area contributed by atoms with Crippen LogP contribution in [0.15, 0.2) is 126 Å². The van der Waals surface area contributed by atoms with Gasteiger partial charge in [0.2, 0.25) is 0 Å². The van der Waals surface area contributed by atoms with E-state index in [1.807, 2.05) is 0 Å². The summed E-state index contributed by atoms with van der Waals surface area (Å²) in [5.41, 5.74) is 11.7. The van der Waals surface area contributed by atoms with Crippen molar-refractivity contribution in [1.82, 2.24) is 0 Å². The number of anilines is 2. The molecule has 0 saturated heterocycles. The highest BCUT2D eigenvalue weighted by atomic mass is 16.3. The van der Waals surface area contributed by atoms with Crippen LogP contribution in [0.25, 0.3) is 55.0 Å². The molecule has 1 N–H and O–H groups in total. The number of benzene rings is 6. The smallest absolute Gasteiger partial charge is 0.143 e. The molecule has 1 aliphatic rings. The minimum absolute atomic E-state index is 0.0213. The number of hydrogen-bond donors (Lipinski definition) is 1. The summed E-state index contributed by atoms with van der Waals surface area (Å²) in [6, 6.07) is 43.4. The molecule has 1 aliphatic carbocycles. The van der Waals surface area contributed by atoms with Gasteiger partial charge in [-0.05, 0) is 63.5 Å². The van der Waals surface area contributed by atoms with Gasteiger partial charge < -0.3 is 9.73 Å². The lowest BCUT2D eigenvalue weighted by atomic mass is 9.82. The van der Waals surface area contributed by atoms with Gasteiger partial charge in [0.05, 0.1) is 0 Å². The van der Waals surface area contributed by atoms with Gasteiger partial charge in [-0.25, -0.2) is 0 Å². The molecule has 0 aliphatic heterocycles. The van der Waals surface area contributed by atoms with Crippen LogP contribution in [0.3, 0.4) is 0 Å². The van der Waals surface area contributed by atoms with Crippen LogP contribution in [0, 0.1) is 0 Å². The van der Waals surface area contributed by atoms with Gasteiger partial charge >= 0.3 is 0 Å². The molecule has 2 heteroatoms. The summed E-state index contributed by atoms with van der Waals surface area (Å²) in [5, 5.41) is 8.32. The maximum atomic E-state index is 6.59. The summed E-state index contributed by atoms with van der Waals surface area (Å²) in [7, 11) is 0. The lowest BCUT2D eigenvalue weighted by molar-refractivity contribution is 0.660. The molecule has 0 saturated carbocycles. The maximum absolute atomic E-state index is 6.59. The Morgan fingerprint density at radius 1 is 0.513 bits per heavy atom. The fourth-order valence-corrected chi connectivity index (χ4v) is 6.47. The van der Waals surface area contributed by atoms with Gasteiger partial charge in [-0.1, -0.05) is 105 Å². The van der Waals surface area contributed by atoms with E-state index in [0.717, 1.165) is 49.8 Å². The third-order valence-corrected chi connectivity index (χ3v) is 8.43. The Kier molecular flexibility index (Phi) is 4.60. The van der Waals surface area contributed by atoms with Crippen LogP contribution in [0.2, 0.25) is 0 Å². The Morgan fingerprint density at radius 2 is 1.23 bits per heavy atom. The highest BCUT2D eigenvalue weighted by Crippen LogP contribution is 2.49. The molecule has 0 fully saturated rings. The van der Waals surface area contributed by atoms with Gasteiger partial charge in [0, 0.05) is 38.5 Å². The number of para-hydroxylation sites is 1. The lowest BCUT2D eigenvalue weighted by Gasteiger charge is -2.22. The third-order valence-electron chi connectivity index (χ3n) is 8.43. The number of hydrogen-bond acceptors (Lipinski definition) is 2. The molecule has 7 aromatic rings. The maximum Gasteiger partial charge on any atom is 0.143 e. The van der Waals surface area contributed by atoms with Gasteiger partial charge in [-0.15, -0.1) is 0 Å². The Bertz CT molecular complexity index is 2080. The molecule has 6 aromatic carbocycles. The zero-order valence-electron chi connectivity index (χ0n) is 22.0. The summed E-state index contributed by atoms with van der Waals surface area (Å²) >= 11 is 0. The molecule has 1 heterocycles. The summed E-state index contributed by atoms with van der Waals surface area (Å²) in [4.78, 5) is 0. The van der Waals surface area contributed by atoms with Crippen molar-refractivity contribution in [3.63, 3.8) is 0 Å². The second kappa shape index (κ2) is 8.09. The van der Waals surface area contributed by atoms with E-state index < -0.39 is 0 Å². The van der Waals surface area contributed by atoms with E-state index in [2.05, 4.69) is 140 Å². The molecular weight excluding hydrogens is 474 g/mol. The zero-order chi connectivity index (χ0) is 26.1. The van der Waals surface area contributed by atoms with Gasteiger partial charge in [0.15, 0.2) is 0 Å². The fraction of sp³-hybridized carbons (Fsp3) is 0.0811. The van der Waals surface area contributed by atoms with Crippen molar-refractivity contribution in [3.05, 3.63) is 132 Å². The minimum Gasteiger partial charge on any atom is -0.455 e. The van der Waals surface area contributed by atoms with Crippen molar-refractivity contribution in [2.45, 2.75) is 19.3 Å². The average Bonchev–Trinajstić information content (AvgIpc) is 3.46. The lowest BCUT2D eigenvalue weighted by Crippen LogP contribution is -2.15. The first kappa shape index (κ1) is 22.2. The number of furan rings is 1. The Hall–Kier alpha value is -4.82. The van der Waals surface area contributed by atoms with E-state index in [4.69, 9.17) is 4.42 Å². The van der Waals surface area contributed by atoms with Crippen LogP contribution in [0.1, 0.15) is 25.0 Å². The number of rotatable bonds is 3. The Labute approximate surface area is 227 Å². The summed E-state index contributed by atoms with van der Waals surface area (Å²) in [6.07, 6.45) is 0. The van der Waals surface area contributed by atoms with E-state index >= 15 is 0 Å². The van der Waals surface area contributed by atoms with Crippen molar-refractivity contribution in [1.29, 1.82) is 0 Å². The Morgan fingerprint density at radius 3 is 2.18 bits per heavy atom. The Balaban J connectivity index is 1.20. The van der Waals surface area contributed by atoms with Crippen LogP contribution >= 0.6 is 0 Å². The number of fused-ring (bicyclic) bond motifs is 8. The van der Waals surface area contributed by atoms with Gasteiger partial charge in [-0.3, -0.25) is 0 Å². The molecule has 0 spiro atoms. The average molecular weight is 502 g/mol. The molecule has 1 aromatic heterocycles. The predicted molar refractivity (Wildman–Crippen MR) is 164 cm³/mol. The minimum atomic E-state index is -0.0213. The summed E-state index contributed by atoms with van der Waals surface area (Å²) in [5.74, 6) is 0. The zero-order valence-corrected chi connectivity index (χ0v) is 22.0. The number of nitrogens with one attached hydrogen (secondary N) is 1. The van der Waals surface area contributed by atoms with Crippen LogP contribution in [0.4, 0.5) is 11.4 Å². The molecule has 0 radical (unpaired) electrons. The van der Waals surface area contributed by atoms with Crippen LogP contribution in [0.5, 0.6) is 0 Å². The highest BCUT2D eigenvalue weighted by molar-refractivity contribution is 6.17. The quantitative estimate of drug-likeness (QED) is 0.260. The topological polar surface area (TPSA) is 25.2 Å². The van der Waals surface area contributed by atoms with Crippen molar-refractivity contribution in [2.24, 2.45) is 0 Å². The van der Waals surface area contributed by atoms with Crippen molar-refractivity contribution >= 4 is 44.1 Å². The molecular formula is C37H27NO. The molecule has 39 heavy (non-hydrogen) atoms. The standard InChI is InChI=1S/C37H27NO/c1-37(2)33-16-6-5-13-29(33)30-20-18-26(22-34(30)37)38-25-11-7-10-24(21-25)28-14-8-15-31-32-19-17-23-9-3-4-12-27(23)35(32)39-36(28)31/h3-22,38H,1-2H3. The summed E-state index contributed by atoms with van der Waals surface area (Å²) < 4.78 is 6.59. The van der Waals surface area contributed by atoms with Crippen molar-refractivity contribution < 1.29 is 4.42 Å². The molecule has 0 bridgehead atoms. The first-order valence-electron chi connectivity index (χ1n) is 13.5. The highest BCUT2D eigenvalue weighted by Gasteiger charge is 2.35. The fourth-order valence-electron chi connectivity index (χ4n) is 6.47. The normalized spacial score (nSPS) is 13.6. The monoisotopic (exact) mass is 501 g/mol. The van der Waals surface area contributed by atoms with E-state index in [1.165, 1.54) is 27.6 Å². The molecule has 186 valence electrons. The first-order valence-corrected chi connectivity index (χ1v) is 13.5. The predicted octanol–water partition coefficient (Wildman–Crippen LogP) is 10.5. The third kappa shape index (κ3) is 3.28. The van der Waals surface area contributed by atoms with E-state index in [9.17, 15) is 0 Å². The molecule has 2 nitrogen and oxygen atoms in total. The largest absolute Gasteiger partial charge is 0.455 e. The van der Waals surface area contributed by atoms with Gasteiger partial charge in [0.1, 0.15) is 11.2 Å². The van der Waals surface area contributed by atoms with E-state index in [-0.39, 0.29) is 5.41 Å².